The molecule has 0 radical (unpaired) electrons. The lowest BCUT2D eigenvalue weighted by molar-refractivity contribution is 0.0967. The van der Waals surface area contributed by atoms with Gasteiger partial charge in [0.1, 0.15) is 0 Å². The third-order valence-electron chi connectivity index (χ3n) is 4.07. The van der Waals surface area contributed by atoms with Crippen LogP contribution in [0.5, 0.6) is 0 Å². The molecule has 3 aromatic rings. The molecule has 0 atom stereocenters. The highest BCUT2D eigenvalue weighted by atomic mass is 35.5. The number of carbonyl (C=O) groups excluding carboxylic acids is 2. The summed E-state index contributed by atoms with van der Waals surface area (Å²) >= 11 is 11.8. The lowest BCUT2D eigenvalue weighted by atomic mass is 10.1. The number of rotatable bonds is 5. The first-order valence-corrected chi connectivity index (χ1v) is 11.1. The zero-order valence-electron chi connectivity index (χ0n) is 15.4. The van der Waals surface area contributed by atoms with Crippen molar-refractivity contribution >= 4 is 50.7 Å². The van der Waals surface area contributed by atoms with E-state index in [2.05, 4.69) is 10.6 Å². The first kappa shape index (κ1) is 21.8. The third-order valence-corrected chi connectivity index (χ3v) is 6.35. The lowest BCUT2D eigenvalue weighted by Gasteiger charge is -2.09. The smallest absolute Gasteiger partial charge is 0.306 e. The number of carbonyl (C=O) groups is 2. The van der Waals surface area contributed by atoms with E-state index in [1.807, 2.05) is 0 Å². The molecule has 0 aliphatic rings. The SMILES string of the molecule is O=C(NC(=O)c1cccc(CS(=O)(=O)c2ccc(Cl)cc2)c1)Nc1ccccc1Cl. The Hall–Kier alpha value is -2.87. The summed E-state index contributed by atoms with van der Waals surface area (Å²) in [5, 5.41) is 5.43. The average molecular weight is 463 g/mol. The van der Waals surface area contributed by atoms with Gasteiger partial charge in [-0.2, -0.15) is 0 Å². The molecule has 6 nitrogen and oxygen atoms in total. The van der Waals surface area contributed by atoms with Crippen molar-refractivity contribution in [3.05, 3.63) is 94.0 Å². The van der Waals surface area contributed by atoms with Gasteiger partial charge >= 0.3 is 6.03 Å². The molecular formula is C21H16Cl2N2O4S. The Balaban J connectivity index is 1.70. The summed E-state index contributed by atoms with van der Waals surface area (Å²) in [6.07, 6.45) is 0. The summed E-state index contributed by atoms with van der Waals surface area (Å²) in [5.74, 6) is -0.980. The predicted octanol–water partition coefficient (Wildman–Crippen LogP) is 4.93. The van der Waals surface area contributed by atoms with Crippen LogP contribution in [0.2, 0.25) is 10.0 Å². The van der Waals surface area contributed by atoms with Crippen molar-refractivity contribution in [2.24, 2.45) is 0 Å². The van der Waals surface area contributed by atoms with Crippen LogP contribution in [0.4, 0.5) is 10.5 Å². The van der Waals surface area contributed by atoms with E-state index in [-0.39, 0.29) is 16.2 Å². The second kappa shape index (κ2) is 9.30. The van der Waals surface area contributed by atoms with Gasteiger partial charge in [0.25, 0.3) is 5.91 Å². The van der Waals surface area contributed by atoms with E-state index in [0.29, 0.717) is 21.3 Å². The molecule has 0 aliphatic carbocycles. The maximum atomic E-state index is 12.6. The third kappa shape index (κ3) is 5.60. The molecule has 30 heavy (non-hydrogen) atoms. The molecule has 3 amide bonds. The van der Waals surface area contributed by atoms with Crippen LogP contribution in [0.1, 0.15) is 15.9 Å². The van der Waals surface area contributed by atoms with Crippen LogP contribution in [0.25, 0.3) is 0 Å². The quantitative estimate of drug-likeness (QED) is 0.561. The molecule has 0 saturated heterocycles. The van der Waals surface area contributed by atoms with Gasteiger partial charge in [-0.05, 0) is 54.1 Å². The van der Waals surface area contributed by atoms with Crippen molar-refractivity contribution < 1.29 is 18.0 Å². The van der Waals surface area contributed by atoms with Crippen LogP contribution >= 0.6 is 23.2 Å². The van der Waals surface area contributed by atoms with Crippen molar-refractivity contribution in [2.75, 3.05) is 5.32 Å². The van der Waals surface area contributed by atoms with Gasteiger partial charge in [0.05, 0.1) is 21.4 Å². The number of nitrogens with one attached hydrogen (secondary N) is 2. The number of benzene rings is 3. The summed E-state index contributed by atoms with van der Waals surface area (Å²) in [7, 11) is -3.63. The predicted molar refractivity (Wildman–Crippen MR) is 117 cm³/mol. The Morgan fingerprint density at radius 3 is 2.27 bits per heavy atom. The van der Waals surface area contributed by atoms with E-state index in [0.717, 1.165) is 0 Å². The Bertz CT molecular complexity index is 1200. The number of halogens is 2. The van der Waals surface area contributed by atoms with Crippen LogP contribution in [0.3, 0.4) is 0 Å². The lowest BCUT2D eigenvalue weighted by Crippen LogP contribution is -2.34. The molecule has 3 rings (SSSR count). The minimum atomic E-state index is -3.63. The van der Waals surface area contributed by atoms with Gasteiger partial charge in [-0.1, -0.05) is 47.5 Å². The molecule has 0 bridgehead atoms. The molecule has 0 spiro atoms. The number of hydrogen-bond donors (Lipinski definition) is 2. The van der Waals surface area contributed by atoms with Crippen LogP contribution in [0.15, 0.2) is 77.7 Å². The first-order chi connectivity index (χ1) is 14.2. The maximum Gasteiger partial charge on any atom is 0.326 e. The number of amides is 3. The molecule has 0 aromatic heterocycles. The van der Waals surface area contributed by atoms with Crippen molar-refractivity contribution in [2.45, 2.75) is 10.6 Å². The fraction of sp³-hybridized carbons (Fsp3) is 0.0476. The summed E-state index contributed by atoms with van der Waals surface area (Å²) in [6, 6.07) is 17.7. The van der Waals surface area contributed by atoms with E-state index < -0.39 is 21.8 Å². The van der Waals surface area contributed by atoms with Crippen LogP contribution in [0, 0.1) is 0 Å². The molecule has 3 aromatic carbocycles. The molecule has 0 saturated carbocycles. The molecule has 154 valence electrons. The van der Waals surface area contributed by atoms with Gasteiger partial charge in [-0.25, -0.2) is 13.2 Å². The summed E-state index contributed by atoms with van der Waals surface area (Å²) in [4.78, 5) is 24.6. The Morgan fingerprint density at radius 1 is 0.867 bits per heavy atom. The second-order valence-electron chi connectivity index (χ2n) is 6.30. The summed E-state index contributed by atoms with van der Waals surface area (Å²) in [5.41, 5.74) is 0.907. The van der Waals surface area contributed by atoms with Gasteiger partial charge in [0.15, 0.2) is 9.84 Å². The van der Waals surface area contributed by atoms with Crippen molar-refractivity contribution in [1.29, 1.82) is 0 Å². The van der Waals surface area contributed by atoms with E-state index >= 15 is 0 Å². The molecule has 0 heterocycles. The Kier molecular flexibility index (Phi) is 6.77. The van der Waals surface area contributed by atoms with Gasteiger partial charge < -0.3 is 5.32 Å². The van der Waals surface area contributed by atoms with E-state index in [1.165, 1.54) is 36.4 Å². The topological polar surface area (TPSA) is 92.3 Å². The van der Waals surface area contributed by atoms with Crippen molar-refractivity contribution in [1.82, 2.24) is 5.32 Å². The minimum Gasteiger partial charge on any atom is -0.306 e. The molecule has 0 unspecified atom stereocenters. The molecule has 0 fully saturated rings. The molecule has 9 heteroatoms. The molecular weight excluding hydrogens is 447 g/mol. The number of hydrogen-bond acceptors (Lipinski definition) is 4. The number of anilines is 1. The van der Waals surface area contributed by atoms with Gasteiger partial charge in [-0.3, -0.25) is 10.1 Å². The maximum absolute atomic E-state index is 12.6. The summed E-state index contributed by atoms with van der Waals surface area (Å²) in [6.45, 7) is 0. The fourth-order valence-electron chi connectivity index (χ4n) is 2.64. The van der Waals surface area contributed by atoms with Crippen molar-refractivity contribution in [3.8, 4) is 0 Å². The zero-order chi connectivity index (χ0) is 21.7. The van der Waals surface area contributed by atoms with E-state index in [1.54, 1.807) is 36.4 Å². The van der Waals surface area contributed by atoms with Crippen LogP contribution < -0.4 is 10.6 Å². The monoisotopic (exact) mass is 462 g/mol. The molecule has 0 aliphatic heterocycles. The van der Waals surface area contributed by atoms with Crippen LogP contribution in [-0.2, 0) is 15.6 Å². The number of imide groups is 1. The van der Waals surface area contributed by atoms with Gasteiger partial charge in [0.2, 0.25) is 0 Å². The highest BCUT2D eigenvalue weighted by molar-refractivity contribution is 7.90. The minimum absolute atomic E-state index is 0.126. The highest BCUT2D eigenvalue weighted by Crippen LogP contribution is 2.21. The zero-order valence-corrected chi connectivity index (χ0v) is 17.8. The largest absolute Gasteiger partial charge is 0.326 e. The first-order valence-electron chi connectivity index (χ1n) is 8.69. The van der Waals surface area contributed by atoms with E-state index in [9.17, 15) is 18.0 Å². The highest BCUT2D eigenvalue weighted by Gasteiger charge is 2.17. The number of sulfone groups is 1. The summed E-state index contributed by atoms with van der Waals surface area (Å²) < 4.78 is 25.2. The van der Waals surface area contributed by atoms with Crippen molar-refractivity contribution in [3.63, 3.8) is 0 Å². The second-order valence-corrected chi connectivity index (χ2v) is 9.13. The van der Waals surface area contributed by atoms with Gasteiger partial charge in [-0.15, -0.1) is 0 Å². The Labute approximate surface area is 183 Å². The normalized spacial score (nSPS) is 11.0. The number of urea groups is 1. The fourth-order valence-corrected chi connectivity index (χ4v) is 4.28. The average Bonchev–Trinajstić information content (AvgIpc) is 2.70. The number of para-hydroxylation sites is 1. The van der Waals surface area contributed by atoms with E-state index in [4.69, 9.17) is 23.2 Å². The van der Waals surface area contributed by atoms with Gasteiger partial charge in [0, 0.05) is 10.6 Å². The standard InChI is InChI=1S/C21H16Cl2N2O4S/c22-16-8-10-17(11-9-16)30(28,29)13-14-4-3-5-15(12-14)20(26)25-21(27)24-19-7-2-1-6-18(19)23/h1-12H,13H2,(H2,24,25,26,27). The van der Waals surface area contributed by atoms with Crippen LogP contribution in [-0.4, -0.2) is 20.4 Å². The Morgan fingerprint density at radius 2 is 1.57 bits per heavy atom. The molecule has 2 N–H and O–H groups in total.